The molecule has 0 saturated carbocycles. The summed E-state index contributed by atoms with van der Waals surface area (Å²) in [5, 5.41) is 4.93. The van der Waals surface area contributed by atoms with Gasteiger partial charge in [-0.2, -0.15) is 5.10 Å². The van der Waals surface area contributed by atoms with Gasteiger partial charge in [0.2, 0.25) is 0 Å². The summed E-state index contributed by atoms with van der Waals surface area (Å²) >= 11 is 11.9. The van der Waals surface area contributed by atoms with E-state index in [-0.39, 0.29) is 0 Å². The summed E-state index contributed by atoms with van der Waals surface area (Å²) in [6, 6.07) is 14.9. The molecule has 0 aliphatic carbocycles. The van der Waals surface area contributed by atoms with Crippen LogP contribution in [0.25, 0.3) is 0 Å². The van der Waals surface area contributed by atoms with Gasteiger partial charge in [-0.15, -0.1) is 0 Å². The van der Waals surface area contributed by atoms with Crippen LogP contribution in [0.3, 0.4) is 0 Å². The van der Waals surface area contributed by atoms with Crippen LogP contribution in [0.5, 0.6) is 0 Å². The summed E-state index contributed by atoms with van der Waals surface area (Å²) in [5.74, 6) is 5.44. The molecule has 0 heterocycles. The smallest absolute Gasteiger partial charge is 0.0972 e. The molecule has 17 heavy (non-hydrogen) atoms. The highest BCUT2D eigenvalue weighted by Gasteiger charge is 2.08. The van der Waals surface area contributed by atoms with Crippen molar-refractivity contribution in [2.75, 3.05) is 0 Å². The monoisotopic (exact) mass is 264 g/mol. The SMILES string of the molecule is NN=C(c1ccccc1)c1cc(Cl)cc(Cl)c1. The summed E-state index contributed by atoms with van der Waals surface area (Å²) < 4.78 is 0. The van der Waals surface area contributed by atoms with Crippen molar-refractivity contribution in [3.05, 3.63) is 69.7 Å². The van der Waals surface area contributed by atoms with Gasteiger partial charge < -0.3 is 5.84 Å². The Kier molecular flexibility index (Phi) is 3.67. The number of benzene rings is 2. The van der Waals surface area contributed by atoms with Gasteiger partial charge in [-0.3, -0.25) is 0 Å². The maximum absolute atomic E-state index is 5.96. The zero-order valence-corrected chi connectivity index (χ0v) is 10.4. The third-order valence-corrected chi connectivity index (χ3v) is 2.75. The molecule has 0 aliphatic heterocycles. The average Bonchev–Trinajstić information content (AvgIpc) is 2.30. The molecule has 0 unspecified atom stereocenters. The lowest BCUT2D eigenvalue weighted by Crippen LogP contribution is -2.06. The second-order valence-corrected chi connectivity index (χ2v) is 4.37. The number of nitrogens with two attached hydrogens (primary N) is 1. The van der Waals surface area contributed by atoms with Crippen molar-refractivity contribution in [3.63, 3.8) is 0 Å². The van der Waals surface area contributed by atoms with E-state index in [9.17, 15) is 0 Å². The average molecular weight is 265 g/mol. The van der Waals surface area contributed by atoms with E-state index in [0.29, 0.717) is 15.8 Å². The number of hydrogen-bond acceptors (Lipinski definition) is 2. The summed E-state index contributed by atoms with van der Waals surface area (Å²) in [6.07, 6.45) is 0. The number of hydrazone groups is 1. The summed E-state index contributed by atoms with van der Waals surface area (Å²) in [4.78, 5) is 0. The quantitative estimate of drug-likeness (QED) is 0.501. The van der Waals surface area contributed by atoms with E-state index in [0.717, 1.165) is 11.1 Å². The zero-order chi connectivity index (χ0) is 12.3. The lowest BCUT2D eigenvalue weighted by molar-refractivity contribution is 1.24. The molecule has 0 spiro atoms. The first-order chi connectivity index (χ1) is 8.20. The summed E-state index contributed by atoms with van der Waals surface area (Å²) in [6.45, 7) is 0. The lowest BCUT2D eigenvalue weighted by atomic mass is 10.0. The van der Waals surface area contributed by atoms with Gasteiger partial charge in [-0.05, 0) is 18.2 Å². The van der Waals surface area contributed by atoms with Gasteiger partial charge in [0.05, 0.1) is 5.71 Å². The van der Waals surface area contributed by atoms with Crippen LogP contribution in [-0.2, 0) is 0 Å². The highest BCUT2D eigenvalue weighted by molar-refractivity contribution is 6.35. The van der Waals surface area contributed by atoms with E-state index in [1.807, 2.05) is 30.3 Å². The second-order valence-electron chi connectivity index (χ2n) is 3.50. The fourth-order valence-corrected chi connectivity index (χ4v) is 2.13. The Bertz CT molecular complexity index is 530. The standard InChI is InChI=1S/C13H10Cl2N2/c14-11-6-10(7-12(15)8-11)13(17-16)9-4-2-1-3-5-9/h1-8H,16H2. The van der Waals surface area contributed by atoms with Crippen molar-refractivity contribution in [1.82, 2.24) is 0 Å². The minimum absolute atomic E-state index is 0.560. The molecule has 4 heteroatoms. The lowest BCUT2D eigenvalue weighted by Gasteiger charge is -2.06. The Morgan fingerprint density at radius 1 is 0.882 bits per heavy atom. The first-order valence-corrected chi connectivity index (χ1v) is 5.76. The van der Waals surface area contributed by atoms with E-state index in [1.165, 1.54) is 0 Å². The normalized spacial score (nSPS) is 11.5. The minimum atomic E-state index is 0.560. The Labute approximate surface area is 110 Å². The molecule has 0 fully saturated rings. The molecule has 0 radical (unpaired) electrons. The summed E-state index contributed by atoms with van der Waals surface area (Å²) in [5.41, 5.74) is 2.39. The molecule has 86 valence electrons. The molecule has 0 aliphatic rings. The van der Waals surface area contributed by atoms with Gasteiger partial charge in [-0.25, -0.2) is 0 Å². The summed E-state index contributed by atoms with van der Waals surface area (Å²) in [7, 11) is 0. The Morgan fingerprint density at radius 2 is 1.47 bits per heavy atom. The minimum Gasteiger partial charge on any atom is -0.323 e. The molecule has 0 aromatic heterocycles. The molecule has 2 rings (SSSR count). The molecule has 2 aromatic carbocycles. The van der Waals surface area contributed by atoms with Crippen LogP contribution >= 0.6 is 23.2 Å². The van der Waals surface area contributed by atoms with Crippen LogP contribution in [0.1, 0.15) is 11.1 Å². The maximum atomic E-state index is 5.96. The Balaban J connectivity index is 2.51. The van der Waals surface area contributed by atoms with Crippen molar-refractivity contribution in [2.45, 2.75) is 0 Å². The van der Waals surface area contributed by atoms with Crippen molar-refractivity contribution in [2.24, 2.45) is 10.9 Å². The first kappa shape index (κ1) is 12.0. The van der Waals surface area contributed by atoms with Crippen molar-refractivity contribution < 1.29 is 0 Å². The largest absolute Gasteiger partial charge is 0.323 e. The second kappa shape index (κ2) is 5.21. The van der Waals surface area contributed by atoms with Crippen LogP contribution < -0.4 is 5.84 Å². The molecule has 0 saturated heterocycles. The highest BCUT2D eigenvalue weighted by atomic mass is 35.5. The molecule has 2 N–H and O–H groups in total. The predicted octanol–water partition coefficient (Wildman–Crippen LogP) is 3.70. The fourth-order valence-electron chi connectivity index (χ4n) is 1.60. The van der Waals surface area contributed by atoms with E-state index in [1.54, 1.807) is 18.2 Å². The molecule has 0 bridgehead atoms. The molecular formula is C13H10Cl2N2. The van der Waals surface area contributed by atoms with Crippen LogP contribution in [0.4, 0.5) is 0 Å². The van der Waals surface area contributed by atoms with Crippen LogP contribution in [-0.4, -0.2) is 5.71 Å². The van der Waals surface area contributed by atoms with Gasteiger partial charge in [0.25, 0.3) is 0 Å². The number of halogens is 2. The van der Waals surface area contributed by atoms with Gasteiger partial charge in [0.1, 0.15) is 0 Å². The number of nitrogens with zero attached hydrogens (tertiary/aromatic N) is 1. The van der Waals surface area contributed by atoms with Crippen molar-refractivity contribution >= 4 is 28.9 Å². The van der Waals surface area contributed by atoms with Crippen molar-refractivity contribution in [3.8, 4) is 0 Å². The number of hydrogen-bond donors (Lipinski definition) is 1. The molecule has 2 nitrogen and oxygen atoms in total. The van der Waals surface area contributed by atoms with Gasteiger partial charge in [0.15, 0.2) is 0 Å². The van der Waals surface area contributed by atoms with E-state index < -0.39 is 0 Å². The van der Waals surface area contributed by atoms with E-state index >= 15 is 0 Å². The zero-order valence-electron chi connectivity index (χ0n) is 8.90. The fraction of sp³-hybridized carbons (Fsp3) is 0. The highest BCUT2D eigenvalue weighted by Crippen LogP contribution is 2.21. The van der Waals surface area contributed by atoms with E-state index in [4.69, 9.17) is 29.0 Å². The predicted molar refractivity (Wildman–Crippen MR) is 72.7 cm³/mol. The number of rotatable bonds is 2. The maximum Gasteiger partial charge on any atom is 0.0972 e. The van der Waals surface area contributed by atoms with Gasteiger partial charge in [-0.1, -0.05) is 53.5 Å². The van der Waals surface area contributed by atoms with Crippen molar-refractivity contribution in [1.29, 1.82) is 0 Å². The van der Waals surface area contributed by atoms with Gasteiger partial charge >= 0.3 is 0 Å². The third kappa shape index (κ3) is 2.78. The first-order valence-electron chi connectivity index (χ1n) is 5.00. The van der Waals surface area contributed by atoms with Gasteiger partial charge in [0, 0.05) is 21.2 Å². The molecule has 0 atom stereocenters. The van der Waals surface area contributed by atoms with Crippen LogP contribution in [0.15, 0.2) is 53.6 Å². The van der Waals surface area contributed by atoms with Crippen LogP contribution in [0.2, 0.25) is 10.0 Å². The van der Waals surface area contributed by atoms with E-state index in [2.05, 4.69) is 5.10 Å². The Morgan fingerprint density at radius 3 is 2.00 bits per heavy atom. The topological polar surface area (TPSA) is 38.4 Å². The molecular weight excluding hydrogens is 255 g/mol. The van der Waals surface area contributed by atoms with Crippen LogP contribution in [0, 0.1) is 0 Å². The third-order valence-electron chi connectivity index (χ3n) is 2.31. The Hall–Kier alpha value is -1.51. The molecule has 0 amide bonds. The molecule has 2 aromatic rings.